The zero-order chi connectivity index (χ0) is 19.4. The molecule has 1 aromatic heterocycles. The fourth-order valence-electron chi connectivity index (χ4n) is 2.65. The van der Waals surface area contributed by atoms with Crippen molar-refractivity contribution in [1.82, 2.24) is 4.57 Å². The van der Waals surface area contributed by atoms with Crippen LogP contribution in [0, 0.1) is 12.3 Å². The summed E-state index contributed by atoms with van der Waals surface area (Å²) in [6.07, 6.45) is 5.55. The van der Waals surface area contributed by atoms with Gasteiger partial charge >= 0.3 is 0 Å². The Morgan fingerprint density at radius 1 is 1.19 bits per heavy atom. The monoisotopic (exact) mass is 398 g/mol. The minimum atomic E-state index is -3.25. The van der Waals surface area contributed by atoms with E-state index in [2.05, 4.69) is 10.9 Å². The fraction of sp³-hybridized carbons (Fsp3) is 0.200. The van der Waals surface area contributed by atoms with Crippen LogP contribution in [-0.4, -0.2) is 24.6 Å². The molecule has 0 N–H and O–H groups in total. The number of nitrogens with zero attached hydrogens (tertiary/aromatic N) is 2. The molecule has 138 valence electrons. The number of hydrogen-bond donors (Lipinski definition) is 0. The molecule has 0 aliphatic carbocycles. The average Bonchev–Trinajstić information content (AvgIpc) is 3.00. The summed E-state index contributed by atoms with van der Waals surface area (Å²) in [6, 6.07) is 14.1. The minimum absolute atomic E-state index is 0.0434. The van der Waals surface area contributed by atoms with Crippen LogP contribution in [0.2, 0.25) is 0 Å². The molecule has 0 saturated heterocycles. The Morgan fingerprint density at radius 2 is 1.89 bits per heavy atom. The molecule has 0 spiro atoms. The Labute approximate surface area is 161 Å². The summed E-state index contributed by atoms with van der Waals surface area (Å²) in [7, 11) is -3.25. The molecular weight excluding hydrogens is 380 g/mol. The van der Waals surface area contributed by atoms with Crippen LogP contribution < -0.4 is 4.80 Å². The maximum Gasteiger partial charge on any atom is 0.252 e. The highest BCUT2D eigenvalue weighted by Gasteiger charge is 2.12. The number of para-hydroxylation sites is 1. The van der Waals surface area contributed by atoms with Gasteiger partial charge in [-0.2, -0.15) is 4.99 Å². The predicted octanol–water partition coefficient (Wildman–Crippen LogP) is 2.80. The zero-order valence-corrected chi connectivity index (χ0v) is 16.4. The highest BCUT2D eigenvalue weighted by Crippen LogP contribution is 2.17. The van der Waals surface area contributed by atoms with E-state index in [4.69, 9.17) is 6.42 Å². The van der Waals surface area contributed by atoms with Crippen LogP contribution in [0.3, 0.4) is 0 Å². The van der Waals surface area contributed by atoms with E-state index in [0.717, 1.165) is 10.2 Å². The van der Waals surface area contributed by atoms with Gasteiger partial charge in [-0.1, -0.05) is 48.4 Å². The molecule has 0 radical (unpaired) electrons. The van der Waals surface area contributed by atoms with Gasteiger partial charge in [0.1, 0.15) is 0 Å². The normalized spacial score (nSPS) is 12.2. The van der Waals surface area contributed by atoms with Gasteiger partial charge in [-0.15, -0.1) is 6.42 Å². The van der Waals surface area contributed by atoms with Crippen LogP contribution in [0.4, 0.5) is 0 Å². The summed E-state index contributed by atoms with van der Waals surface area (Å²) in [4.78, 5) is 17.5. The number of benzene rings is 2. The molecular formula is C20H18N2O3S2. The lowest BCUT2D eigenvalue weighted by atomic mass is 10.1. The first-order chi connectivity index (χ1) is 12.9. The van der Waals surface area contributed by atoms with Crippen molar-refractivity contribution in [3.63, 3.8) is 0 Å². The maximum absolute atomic E-state index is 12.4. The second kappa shape index (κ2) is 7.91. The van der Waals surface area contributed by atoms with Gasteiger partial charge in [-0.05, 0) is 29.8 Å². The summed E-state index contributed by atoms with van der Waals surface area (Å²) >= 11 is 1.41. The molecule has 7 heteroatoms. The molecule has 2 aromatic carbocycles. The number of carbonyl (C=O) groups excluding carboxylic acids is 1. The van der Waals surface area contributed by atoms with Crippen molar-refractivity contribution in [2.75, 3.05) is 5.75 Å². The van der Waals surface area contributed by atoms with E-state index in [-0.39, 0.29) is 23.0 Å². The van der Waals surface area contributed by atoms with Gasteiger partial charge in [-0.25, -0.2) is 8.42 Å². The van der Waals surface area contributed by atoms with Crippen molar-refractivity contribution >= 4 is 37.3 Å². The second-order valence-corrected chi connectivity index (χ2v) is 9.16. The Morgan fingerprint density at radius 3 is 2.56 bits per heavy atom. The van der Waals surface area contributed by atoms with Crippen LogP contribution in [0.5, 0.6) is 0 Å². The number of carbonyl (C=O) groups is 1. The lowest BCUT2D eigenvalue weighted by molar-refractivity contribution is -0.117. The summed E-state index contributed by atoms with van der Waals surface area (Å²) in [5.41, 5.74) is 1.66. The van der Waals surface area contributed by atoms with E-state index < -0.39 is 9.84 Å². The Kier molecular flexibility index (Phi) is 5.59. The Balaban J connectivity index is 1.88. The van der Waals surface area contributed by atoms with Crippen molar-refractivity contribution < 1.29 is 13.2 Å². The first-order valence-electron chi connectivity index (χ1n) is 8.35. The van der Waals surface area contributed by atoms with E-state index >= 15 is 0 Å². The van der Waals surface area contributed by atoms with E-state index in [1.807, 2.05) is 28.8 Å². The number of thiazole rings is 1. The summed E-state index contributed by atoms with van der Waals surface area (Å²) in [5.74, 6) is 2.33. The molecule has 0 bridgehead atoms. The van der Waals surface area contributed by atoms with E-state index in [1.165, 1.54) is 23.5 Å². The Bertz CT molecular complexity index is 1190. The van der Waals surface area contributed by atoms with E-state index in [9.17, 15) is 13.2 Å². The molecule has 0 saturated carbocycles. The highest BCUT2D eigenvalue weighted by molar-refractivity contribution is 7.91. The molecule has 0 atom stereocenters. The lowest BCUT2D eigenvalue weighted by Crippen LogP contribution is -2.17. The molecule has 3 rings (SSSR count). The quantitative estimate of drug-likeness (QED) is 0.621. The van der Waals surface area contributed by atoms with Crippen molar-refractivity contribution in [2.45, 2.75) is 24.8 Å². The van der Waals surface area contributed by atoms with Gasteiger partial charge in [-0.3, -0.25) is 4.79 Å². The number of terminal acetylenes is 1. The van der Waals surface area contributed by atoms with Crippen molar-refractivity contribution in [1.29, 1.82) is 0 Å². The number of rotatable bonds is 5. The van der Waals surface area contributed by atoms with Gasteiger partial charge < -0.3 is 4.57 Å². The van der Waals surface area contributed by atoms with E-state index in [1.54, 1.807) is 19.1 Å². The van der Waals surface area contributed by atoms with Gasteiger partial charge in [0.2, 0.25) is 0 Å². The standard InChI is InChI=1S/C20H18N2O3S2/c1-3-13-22-17-7-5-6-8-18(17)26-20(22)21-19(23)14-15-9-11-16(12-10-15)27(24,25)4-2/h1,5-12H,4,13-14H2,2H3. The largest absolute Gasteiger partial charge is 0.305 e. The van der Waals surface area contributed by atoms with Crippen molar-refractivity contribution in [3.8, 4) is 12.3 Å². The van der Waals surface area contributed by atoms with Gasteiger partial charge in [0.15, 0.2) is 14.6 Å². The first-order valence-corrected chi connectivity index (χ1v) is 10.8. The molecule has 0 unspecified atom stereocenters. The SMILES string of the molecule is C#CCn1c(=NC(=O)Cc2ccc(S(=O)(=O)CC)cc2)sc2ccccc21. The third kappa shape index (κ3) is 4.18. The van der Waals surface area contributed by atoms with Gasteiger partial charge in [0.05, 0.1) is 33.8 Å². The van der Waals surface area contributed by atoms with Crippen LogP contribution >= 0.6 is 11.3 Å². The topological polar surface area (TPSA) is 68.5 Å². The van der Waals surface area contributed by atoms with Crippen molar-refractivity contribution in [2.24, 2.45) is 4.99 Å². The molecule has 1 heterocycles. The number of fused-ring (bicyclic) bond motifs is 1. The van der Waals surface area contributed by atoms with Crippen LogP contribution in [0.25, 0.3) is 10.2 Å². The number of hydrogen-bond acceptors (Lipinski definition) is 4. The average molecular weight is 399 g/mol. The third-order valence-electron chi connectivity index (χ3n) is 4.08. The van der Waals surface area contributed by atoms with Crippen LogP contribution in [-0.2, 0) is 27.6 Å². The number of sulfone groups is 1. The van der Waals surface area contributed by atoms with Gasteiger partial charge in [0.25, 0.3) is 5.91 Å². The molecule has 0 fully saturated rings. The summed E-state index contributed by atoms with van der Waals surface area (Å²) in [6.45, 7) is 1.93. The highest BCUT2D eigenvalue weighted by atomic mass is 32.2. The molecule has 0 aliphatic rings. The molecule has 0 aliphatic heterocycles. The summed E-state index contributed by atoms with van der Waals surface area (Å²) < 4.78 is 26.6. The summed E-state index contributed by atoms with van der Waals surface area (Å²) in [5, 5.41) is 0. The smallest absolute Gasteiger partial charge is 0.252 e. The maximum atomic E-state index is 12.4. The third-order valence-corrected chi connectivity index (χ3v) is 6.89. The molecule has 1 amide bonds. The predicted molar refractivity (Wildman–Crippen MR) is 107 cm³/mol. The number of amides is 1. The second-order valence-electron chi connectivity index (χ2n) is 5.87. The van der Waals surface area contributed by atoms with E-state index in [0.29, 0.717) is 16.9 Å². The van der Waals surface area contributed by atoms with Crippen LogP contribution in [0.1, 0.15) is 12.5 Å². The Hall–Kier alpha value is -2.69. The van der Waals surface area contributed by atoms with Gasteiger partial charge in [0, 0.05) is 0 Å². The van der Waals surface area contributed by atoms with Crippen LogP contribution in [0.15, 0.2) is 58.4 Å². The first kappa shape index (κ1) is 19.1. The molecule has 27 heavy (non-hydrogen) atoms. The minimum Gasteiger partial charge on any atom is -0.305 e. The van der Waals surface area contributed by atoms with Crippen molar-refractivity contribution in [3.05, 3.63) is 58.9 Å². The number of aromatic nitrogens is 1. The lowest BCUT2D eigenvalue weighted by Gasteiger charge is -2.03. The zero-order valence-electron chi connectivity index (χ0n) is 14.8. The molecule has 3 aromatic rings. The fourth-order valence-corrected chi connectivity index (χ4v) is 4.58. The molecule has 5 nitrogen and oxygen atoms in total.